The van der Waals surface area contributed by atoms with Gasteiger partial charge >= 0.3 is 0 Å². The summed E-state index contributed by atoms with van der Waals surface area (Å²) in [6.45, 7) is 0.857. The summed E-state index contributed by atoms with van der Waals surface area (Å²) in [4.78, 5) is 0. The fourth-order valence-corrected chi connectivity index (χ4v) is 2.62. The second-order valence-corrected chi connectivity index (χ2v) is 5.41. The van der Waals surface area contributed by atoms with Gasteiger partial charge in [0.1, 0.15) is 6.10 Å². The van der Waals surface area contributed by atoms with Crippen molar-refractivity contribution in [2.45, 2.75) is 25.4 Å². The molecule has 1 aliphatic heterocycles. The first kappa shape index (κ1) is 13.7. The van der Waals surface area contributed by atoms with Gasteiger partial charge in [-0.25, -0.2) is 0 Å². The number of allylic oxidation sites excluding steroid dienone is 1. The van der Waals surface area contributed by atoms with Crippen LogP contribution in [0.5, 0.6) is 0 Å². The minimum Gasteiger partial charge on any atom is -0.497 e. The summed E-state index contributed by atoms with van der Waals surface area (Å²) < 4.78 is 5.61. The topological polar surface area (TPSA) is 21.3 Å². The summed E-state index contributed by atoms with van der Waals surface area (Å²) >= 11 is 0. The summed E-state index contributed by atoms with van der Waals surface area (Å²) in [5.41, 5.74) is 3.87. The van der Waals surface area contributed by atoms with Crippen molar-refractivity contribution in [3.8, 4) is 0 Å². The van der Waals surface area contributed by atoms with Crippen molar-refractivity contribution in [2.75, 3.05) is 11.9 Å². The molecule has 1 heterocycles. The fraction of sp³-hybridized carbons (Fsp3) is 0.263. The van der Waals surface area contributed by atoms with E-state index in [1.54, 1.807) is 0 Å². The molecule has 21 heavy (non-hydrogen) atoms. The molecule has 1 N–H and O–H groups in total. The van der Waals surface area contributed by atoms with Crippen molar-refractivity contribution in [2.24, 2.45) is 0 Å². The van der Waals surface area contributed by atoms with E-state index in [0.717, 1.165) is 25.8 Å². The van der Waals surface area contributed by atoms with Gasteiger partial charge in [0.15, 0.2) is 0 Å². The second kappa shape index (κ2) is 6.98. The summed E-state index contributed by atoms with van der Waals surface area (Å²) in [5, 5.41) is 3.54. The van der Waals surface area contributed by atoms with Crippen LogP contribution in [0.3, 0.4) is 0 Å². The van der Waals surface area contributed by atoms with E-state index in [0.29, 0.717) is 0 Å². The number of benzene rings is 2. The Morgan fingerprint density at radius 2 is 1.81 bits per heavy atom. The second-order valence-electron chi connectivity index (χ2n) is 5.41. The lowest BCUT2D eigenvalue weighted by Crippen LogP contribution is -2.23. The van der Waals surface area contributed by atoms with E-state index in [-0.39, 0.29) is 6.10 Å². The molecule has 0 amide bonds. The van der Waals surface area contributed by atoms with Gasteiger partial charge in [0.2, 0.25) is 0 Å². The third kappa shape index (κ3) is 3.88. The first-order valence-electron chi connectivity index (χ1n) is 7.58. The van der Waals surface area contributed by atoms with E-state index in [2.05, 4.69) is 66.0 Å². The standard InChI is InChI=1S/C19H21NO/c1-2-8-16(9-3-1)14-17-10-4-5-12-19(17)20-15-18-11-6-7-13-21-18/h1-5,7-10,12-13,18,20H,6,11,14-15H2. The molecule has 2 aromatic carbocycles. The Bertz CT molecular complexity index is 592. The monoisotopic (exact) mass is 279 g/mol. The number of hydrogen-bond donors (Lipinski definition) is 1. The zero-order chi connectivity index (χ0) is 14.3. The van der Waals surface area contributed by atoms with Crippen LogP contribution in [0.4, 0.5) is 5.69 Å². The van der Waals surface area contributed by atoms with Crippen molar-refractivity contribution in [1.29, 1.82) is 0 Å². The molecule has 108 valence electrons. The van der Waals surface area contributed by atoms with Gasteiger partial charge in [-0.05, 0) is 42.5 Å². The van der Waals surface area contributed by atoms with Crippen LogP contribution in [-0.4, -0.2) is 12.6 Å². The molecule has 2 heteroatoms. The molecule has 0 bridgehead atoms. The average Bonchev–Trinajstić information content (AvgIpc) is 2.56. The van der Waals surface area contributed by atoms with E-state index >= 15 is 0 Å². The van der Waals surface area contributed by atoms with Crippen molar-refractivity contribution >= 4 is 5.69 Å². The maximum atomic E-state index is 5.61. The zero-order valence-corrected chi connectivity index (χ0v) is 12.2. The SMILES string of the molecule is C1=COC(CNc2ccccc2Cc2ccccc2)CC1. The molecule has 0 saturated carbocycles. The molecule has 0 spiro atoms. The van der Waals surface area contributed by atoms with Crippen LogP contribution in [0.15, 0.2) is 66.9 Å². The fourth-order valence-electron chi connectivity index (χ4n) is 2.62. The van der Waals surface area contributed by atoms with Crippen LogP contribution in [0.25, 0.3) is 0 Å². The number of ether oxygens (including phenoxy) is 1. The lowest BCUT2D eigenvalue weighted by molar-refractivity contribution is 0.135. The van der Waals surface area contributed by atoms with E-state index in [9.17, 15) is 0 Å². The highest BCUT2D eigenvalue weighted by Gasteiger charge is 2.11. The van der Waals surface area contributed by atoms with Crippen LogP contribution in [0.1, 0.15) is 24.0 Å². The Hall–Kier alpha value is -2.22. The van der Waals surface area contributed by atoms with Crippen molar-refractivity contribution in [3.63, 3.8) is 0 Å². The smallest absolute Gasteiger partial charge is 0.115 e. The van der Waals surface area contributed by atoms with Crippen LogP contribution < -0.4 is 5.32 Å². The molecule has 0 radical (unpaired) electrons. The number of rotatable bonds is 5. The molecule has 1 aliphatic rings. The van der Waals surface area contributed by atoms with E-state index in [4.69, 9.17) is 4.74 Å². The highest BCUT2D eigenvalue weighted by Crippen LogP contribution is 2.20. The van der Waals surface area contributed by atoms with Gasteiger partial charge in [0.25, 0.3) is 0 Å². The van der Waals surface area contributed by atoms with Gasteiger partial charge in [-0.3, -0.25) is 0 Å². The minimum atomic E-state index is 0.278. The van der Waals surface area contributed by atoms with Crippen LogP contribution >= 0.6 is 0 Å². The lowest BCUT2D eigenvalue weighted by atomic mass is 10.0. The predicted octanol–water partition coefficient (Wildman–Crippen LogP) is 4.38. The summed E-state index contributed by atoms with van der Waals surface area (Å²) in [6, 6.07) is 19.1. The normalized spacial score (nSPS) is 17.2. The van der Waals surface area contributed by atoms with Crippen molar-refractivity contribution in [3.05, 3.63) is 78.1 Å². The maximum absolute atomic E-state index is 5.61. The van der Waals surface area contributed by atoms with Gasteiger partial charge in [-0.15, -0.1) is 0 Å². The Labute approximate surface area is 126 Å². The van der Waals surface area contributed by atoms with Crippen LogP contribution in [0.2, 0.25) is 0 Å². The van der Waals surface area contributed by atoms with Gasteiger partial charge in [0.05, 0.1) is 12.8 Å². The highest BCUT2D eigenvalue weighted by molar-refractivity contribution is 5.52. The van der Waals surface area contributed by atoms with E-state index in [1.807, 2.05) is 6.26 Å². The first-order chi connectivity index (χ1) is 10.4. The van der Waals surface area contributed by atoms with Crippen LogP contribution in [0, 0.1) is 0 Å². The highest BCUT2D eigenvalue weighted by atomic mass is 16.5. The molecular formula is C19H21NO. The third-order valence-corrected chi connectivity index (χ3v) is 3.80. The summed E-state index contributed by atoms with van der Waals surface area (Å²) in [5.74, 6) is 0. The van der Waals surface area contributed by atoms with Gasteiger partial charge < -0.3 is 10.1 Å². The van der Waals surface area contributed by atoms with Crippen molar-refractivity contribution < 1.29 is 4.74 Å². The maximum Gasteiger partial charge on any atom is 0.115 e. The molecule has 0 saturated heterocycles. The zero-order valence-electron chi connectivity index (χ0n) is 12.2. The molecule has 2 nitrogen and oxygen atoms in total. The Kier molecular flexibility index (Phi) is 4.57. The average molecular weight is 279 g/mol. The Morgan fingerprint density at radius 1 is 1.00 bits per heavy atom. The van der Waals surface area contributed by atoms with Gasteiger partial charge in [-0.1, -0.05) is 48.5 Å². The molecule has 0 aliphatic carbocycles. The molecular weight excluding hydrogens is 258 g/mol. The van der Waals surface area contributed by atoms with E-state index in [1.165, 1.54) is 16.8 Å². The largest absolute Gasteiger partial charge is 0.497 e. The number of para-hydroxylation sites is 1. The third-order valence-electron chi connectivity index (χ3n) is 3.80. The van der Waals surface area contributed by atoms with E-state index < -0.39 is 0 Å². The number of nitrogens with one attached hydrogen (secondary N) is 1. The quantitative estimate of drug-likeness (QED) is 0.877. The molecule has 0 aromatic heterocycles. The van der Waals surface area contributed by atoms with Crippen molar-refractivity contribution in [1.82, 2.24) is 0 Å². The van der Waals surface area contributed by atoms with Gasteiger partial charge in [-0.2, -0.15) is 0 Å². The van der Waals surface area contributed by atoms with Crippen LogP contribution in [-0.2, 0) is 11.2 Å². The molecule has 3 rings (SSSR count). The number of hydrogen-bond acceptors (Lipinski definition) is 2. The molecule has 2 aromatic rings. The summed E-state index contributed by atoms with van der Waals surface area (Å²) in [6.07, 6.45) is 7.34. The molecule has 0 fully saturated rings. The summed E-state index contributed by atoms with van der Waals surface area (Å²) in [7, 11) is 0. The lowest BCUT2D eigenvalue weighted by Gasteiger charge is -2.21. The Morgan fingerprint density at radius 3 is 2.62 bits per heavy atom. The predicted molar refractivity (Wildman–Crippen MR) is 87.4 cm³/mol. The van der Waals surface area contributed by atoms with Gasteiger partial charge in [0, 0.05) is 5.69 Å². The first-order valence-corrected chi connectivity index (χ1v) is 7.58. The molecule has 1 atom stereocenters. The minimum absolute atomic E-state index is 0.278. The Balaban J connectivity index is 1.66. The molecule has 1 unspecified atom stereocenters. The number of anilines is 1.